The second-order valence-electron chi connectivity index (χ2n) is 33.1. The number of halogens is 8. The number of nitrogens with one attached hydrogen (secondary N) is 3. The Bertz CT molecular complexity index is 3400. The van der Waals surface area contributed by atoms with Gasteiger partial charge in [0.25, 0.3) is 0 Å². The number of nitrogens with zero attached hydrogens (tertiary/aromatic N) is 9. The number of amides is 12. The van der Waals surface area contributed by atoms with Gasteiger partial charge in [0, 0.05) is 88.4 Å². The Morgan fingerprint density at radius 3 is 1.87 bits per heavy atom. The molecule has 2 unspecified atom stereocenters. The molecule has 12 atom stereocenters. The Labute approximate surface area is 647 Å². The van der Waals surface area contributed by atoms with Crippen LogP contribution in [0.15, 0.2) is 12.2 Å². The summed E-state index contributed by atoms with van der Waals surface area (Å²) in [5.74, 6) is -14.9. The molecule has 7 aliphatic rings. The lowest BCUT2D eigenvalue weighted by molar-refractivity contribution is -0.219. The quantitative estimate of drug-likeness (QED) is 0.0924. The molecule has 0 aromatic rings. The van der Waals surface area contributed by atoms with Gasteiger partial charge in [-0.2, -0.15) is 26.3 Å². The monoisotopic (exact) mass is 1580 g/mol. The molecule has 111 heavy (non-hydrogen) atoms. The van der Waals surface area contributed by atoms with Crippen LogP contribution in [0, 0.1) is 53.3 Å². The number of carbonyl (C=O) groups excluding carboxylic acids is 12. The maximum atomic E-state index is 15.8. The largest absolute Gasteiger partial charge is 0.397 e. The van der Waals surface area contributed by atoms with Crippen LogP contribution >= 0.6 is 0 Å². The lowest BCUT2D eigenvalue weighted by Crippen LogP contribution is -2.71. The molecule has 1 spiro atoms. The van der Waals surface area contributed by atoms with Crippen LogP contribution in [0.5, 0.6) is 0 Å². The van der Waals surface area contributed by atoms with Crippen LogP contribution < -0.4 is 16.0 Å². The third kappa shape index (κ3) is 22.0. The van der Waals surface area contributed by atoms with E-state index in [1.54, 1.807) is 32.9 Å². The minimum atomic E-state index is -5.23. The van der Waals surface area contributed by atoms with Crippen molar-refractivity contribution in [1.29, 1.82) is 0 Å². The molecule has 33 heteroatoms. The van der Waals surface area contributed by atoms with Crippen LogP contribution in [0.3, 0.4) is 0 Å². The molecule has 2 bridgehead atoms. The summed E-state index contributed by atoms with van der Waals surface area (Å²) in [6.45, 7) is 8.80. The average Bonchev–Trinajstić information content (AvgIpc) is 1.49. The fourth-order valence-corrected chi connectivity index (χ4v) is 18.0. The summed E-state index contributed by atoms with van der Waals surface area (Å²) < 4.78 is 122. The van der Waals surface area contributed by atoms with E-state index < -0.39 is 242 Å². The van der Waals surface area contributed by atoms with E-state index in [9.17, 15) is 55.1 Å². The van der Waals surface area contributed by atoms with E-state index in [1.165, 1.54) is 64.0 Å². The minimum absolute atomic E-state index is 0.00203. The highest BCUT2D eigenvalue weighted by Gasteiger charge is 2.60. The molecule has 0 aromatic carbocycles. The van der Waals surface area contributed by atoms with Gasteiger partial charge in [-0.3, -0.25) is 57.5 Å². The van der Waals surface area contributed by atoms with Crippen LogP contribution in [0.25, 0.3) is 0 Å². The Morgan fingerprint density at radius 1 is 0.685 bits per heavy atom. The SMILES string of the molecule is C#CC[C@H]1C(=O)N[C@@H]([C@@H](C)CC)C(=O)N(C)CC(=O)N(C)[C@H]2C/C=C\CCN(C2=O)[C@@H](CC2CCC(C(F)(F)F)CC2)C(=O)N(C)CC(=O)N[C@@H](CCC2CC(F)C(C(F)(F)F)C(F)C2)C(=O)N2C[C@H](OCC)C[C@H]2C(=O)NC2(CC(C)(C)C2)C(=O)N(C)[C@@H](C2CCCC2)C(=O)N(C)[C@H](C(=O)N(C)CCC)CC(=O)N1C. The van der Waals surface area contributed by atoms with E-state index in [4.69, 9.17) is 11.2 Å². The Kier molecular flexibility index (Phi) is 31.4. The van der Waals surface area contributed by atoms with Gasteiger partial charge in [0.1, 0.15) is 72.1 Å². The average molecular weight is 1580 g/mol. The van der Waals surface area contributed by atoms with Crippen molar-refractivity contribution in [2.24, 2.45) is 40.9 Å². The molecule has 0 aromatic heterocycles. The number of likely N-dealkylation sites (N-methyl/N-ethyl adjacent to an activating group) is 7. The van der Waals surface area contributed by atoms with Gasteiger partial charge in [-0.1, -0.05) is 66.0 Å². The normalized spacial score (nSPS) is 31.8. The fourth-order valence-electron chi connectivity index (χ4n) is 18.0. The van der Waals surface area contributed by atoms with Crippen LogP contribution in [-0.4, -0.2) is 288 Å². The standard InChI is InChI=1S/C78H118F8N12O13/c1-15-24-55-66(102)88-64(46(5)17-3)72(108)92(10)43-62(101)94(12)56-27-20-19-23-35-97(71(56)107)59(38-47-28-31-50(32-29-47)77(81,82)83)70(106)91(9)42-60(99)87-54(33-30-48-36-52(79)63(53(80)37-48)78(84,85)86)68(104)98-41-51(111-18-4)39-57(98)67(103)89-76(44-75(6,7)45-76)74(110)96(14)65(49-25-21-22-26-49)73(109)95(13)58(40-61(100)93(55)11)69(105)90(8)34-16-2/h1,19-20,46-59,63-65H,16-18,21-45H2,2-14H3,(H,87,99)(H,88,102)(H,89,103)/b20-19-/t46-,47?,48?,50?,51+,52?,53?,54-,55-,56-,57-,58-,59-,63?,64-,65-/m0/s1. The predicted molar refractivity (Wildman–Crippen MR) is 393 cm³/mol. The molecular weight excluding hydrogens is 1460 g/mol. The van der Waals surface area contributed by atoms with Crippen molar-refractivity contribution in [3.8, 4) is 12.3 Å². The zero-order valence-corrected chi connectivity index (χ0v) is 66.7. The molecule has 25 nitrogen and oxygen atoms in total. The van der Waals surface area contributed by atoms with E-state index in [1.807, 2.05) is 20.8 Å². The smallest absolute Gasteiger partial charge is 0.377 e. The Balaban J connectivity index is 1.35. The van der Waals surface area contributed by atoms with Gasteiger partial charge in [0.2, 0.25) is 70.9 Å². The first-order chi connectivity index (χ1) is 52.0. The molecule has 2 saturated heterocycles. The maximum absolute atomic E-state index is 15.8. The predicted octanol–water partition coefficient (Wildman–Crippen LogP) is 6.74. The van der Waals surface area contributed by atoms with Crippen molar-refractivity contribution in [1.82, 2.24) is 60.0 Å². The summed E-state index contributed by atoms with van der Waals surface area (Å²) in [5, 5.41) is 8.37. The number of hydrogen-bond acceptors (Lipinski definition) is 13. The highest BCUT2D eigenvalue weighted by molar-refractivity contribution is 6.01. The van der Waals surface area contributed by atoms with Gasteiger partial charge in [0.05, 0.1) is 31.5 Å². The molecule has 12 amide bonds. The van der Waals surface area contributed by atoms with Gasteiger partial charge in [-0.05, 0) is 139 Å². The van der Waals surface area contributed by atoms with Crippen LogP contribution in [0.1, 0.15) is 183 Å². The Morgan fingerprint density at radius 2 is 1.31 bits per heavy atom. The lowest BCUT2D eigenvalue weighted by atomic mass is 9.58. The molecule has 0 radical (unpaired) electrons. The van der Waals surface area contributed by atoms with Gasteiger partial charge in [-0.15, -0.1) is 12.3 Å². The van der Waals surface area contributed by atoms with E-state index in [0.717, 1.165) is 29.4 Å². The van der Waals surface area contributed by atoms with Crippen molar-refractivity contribution in [3.63, 3.8) is 0 Å². The second-order valence-corrected chi connectivity index (χ2v) is 33.1. The molecule has 4 saturated carbocycles. The first kappa shape index (κ1) is 90.5. The maximum Gasteiger partial charge on any atom is 0.397 e. The van der Waals surface area contributed by atoms with Gasteiger partial charge in [0.15, 0.2) is 0 Å². The van der Waals surface area contributed by atoms with Crippen molar-refractivity contribution in [2.75, 3.05) is 88.7 Å². The van der Waals surface area contributed by atoms with Crippen LogP contribution in [0.2, 0.25) is 0 Å². The minimum Gasteiger partial charge on any atom is -0.377 e. The summed E-state index contributed by atoms with van der Waals surface area (Å²) in [7, 11) is 9.34. The topological polar surface area (TPSA) is 279 Å². The molecule has 6 fully saturated rings. The first-order valence-corrected chi connectivity index (χ1v) is 39.4. The zero-order chi connectivity index (χ0) is 82.7. The zero-order valence-electron chi connectivity index (χ0n) is 66.7. The molecule has 3 N–H and O–H groups in total. The van der Waals surface area contributed by atoms with E-state index in [0.29, 0.717) is 38.5 Å². The number of carbonyl (C=O) groups is 12. The summed E-state index contributed by atoms with van der Waals surface area (Å²) in [4.78, 5) is 192. The number of alkyl halides is 8. The van der Waals surface area contributed by atoms with E-state index in [2.05, 4.69) is 21.9 Å². The molecule has 3 aliphatic heterocycles. The highest BCUT2D eigenvalue weighted by atomic mass is 19.4. The number of hydrogen-bond donors (Lipinski definition) is 3. The number of rotatable bonds is 14. The molecule has 3 heterocycles. The highest BCUT2D eigenvalue weighted by Crippen LogP contribution is 2.50. The molecule has 7 rings (SSSR count). The van der Waals surface area contributed by atoms with Crippen LogP contribution in [0.4, 0.5) is 35.1 Å². The van der Waals surface area contributed by atoms with Crippen molar-refractivity contribution in [3.05, 3.63) is 12.2 Å². The third-order valence-electron chi connectivity index (χ3n) is 24.4. The van der Waals surface area contributed by atoms with Crippen molar-refractivity contribution < 1.29 is 97.4 Å². The second kappa shape index (κ2) is 38.4. The lowest BCUT2D eigenvalue weighted by Gasteiger charge is -2.54. The van der Waals surface area contributed by atoms with Crippen LogP contribution in [-0.2, 0) is 62.3 Å². The molecule has 624 valence electrons. The molecular formula is C78H118F8N12O13. The van der Waals surface area contributed by atoms with E-state index in [-0.39, 0.29) is 96.9 Å². The van der Waals surface area contributed by atoms with Gasteiger partial charge < -0.3 is 64.8 Å². The van der Waals surface area contributed by atoms with Gasteiger partial charge >= 0.3 is 12.4 Å². The summed E-state index contributed by atoms with van der Waals surface area (Å²) in [6, 6.07) is -11.8. The Hall–Kier alpha value is -7.66. The fraction of sp³-hybridized carbons (Fsp3) is 0.795. The van der Waals surface area contributed by atoms with Crippen molar-refractivity contribution in [2.45, 2.75) is 267 Å². The third-order valence-corrected chi connectivity index (χ3v) is 24.4. The number of ether oxygens (including phenoxy) is 1. The first-order valence-electron chi connectivity index (χ1n) is 39.4. The van der Waals surface area contributed by atoms with E-state index >= 15 is 37.5 Å². The number of terminal acetylenes is 1. The van der Waals surface area contributed by atoms with Crippen molar-refractivity contribution >= 4 is 70.9 Å². The summed E-state index contributed by atoms with van der Waals surface area (Å²) in [6.07, 6.45) is -8.26. The van der Waals surface area contributed by atoms with Gasteiger partial charge in [-0.25, -0.2) is 8.78 Å². The number of fused-ring (bicyclic) bond motifs is 3. The summed E-state index contributed by atoms with van der Waals surface area (Å²) >= 11 is 0. The molecule has 4 aliphatic carbocycles. The summed E-state index contributed by atoms with van der Waals surface area (Å²) in [5.41, 5.74) is -2.40.